The summed E-state index contributed by atoms with van der Waals surface area (Å²) in [5, 5.41) is 3.62. The van der Waals surface area contributed by atoms with Gasteiger partial charge in [0.25, 0.3) is 0 Å². The van der Waals surface area contributed by atoms with Crippen LogP contribution in [0.4, 0.5) is 0 Å². The molecule has 1 N–H and O–H groups in total. The molecule has 0 spiro atoms. The molecule has 2 atom stereocenters. The Labute approximate surface area is 115 Å². The second kappa shape index (κ2) is 5.80. The van der Waals surface area contributed by atoms with E-state index < -0.39 is 0 Å². The Morgan fingerprint density at radius 1 is 1.16 bits per heavy atom. The average molecular weight is 266 g/mol. The Hall–Kier alpha value is -0.610. The van der Waals surface area contributed by atoms with Crippen LogP contribution in [-0.4, -0.2) is 49.2 Å². The molecule has 0 aromatic rings. The molecule has 2 bridgehead atoms. The molecule has 2 unspecified atom stereocenters. The van der Waals surface area contributed by atoms with Crippen molar-refractivity contribution in [3.63, 3.8) is 0 Å². The maximum absolute atomic E-state index is 12.0. The lowest BCUT2D eigenvalue weighted by Gasteiger charge is -2.31. The summed E-state index contributed by atoms with van der Waals surface area (Å²) in [5.41, 5.74) is 0. The molecule has 3 aliphatic rings. The first-order valence-electron chi connectivity index (χ1n) is 7.83. The van der Waals surface area contributed by atoms with E-state index in [1.165, 1.54) is 25.7 Å². The number of carbonyl (C=O) groups excluding carboxylic acids is 1. The third kappa shape index (κ3) is 3.48. The Bertz CT molecular complexity index is 314. The van der Waals surface area contributed by atoms with Crippen molar-refractivity contribution in [2.75, 3.05) is 20.1 Å². The quantitative estimate of drug-likeness (QED) is 0.787. The fourth-order valence-electron chi connectivity index (χ4n) is 3.91. The predicted molar refractivity (Wildman–Crippen MR) is 73.9 cm³/mol. The van der Waals surface area contributed by atoms with Gasteiger partial charge in [0.15, 0.2) is 0 Å². The Morgan fingerprint density at radius 3 is 2.42 bits per heavy atom. The summed E-state index contributed by atoms with van der Waals surface area (Å²) in [6.45, 7) is 2.10. The minimum atomic E-state index is 0.0425. The summed E-state index contributed by atoms with van der Waals surface area (Å²) >= 11 is 0. The van der Waals surface area contributed by atoms with Gasteiger partial charge in [-0.05, 0) is 51.5 Å². The number of carbonyl (C=O) groups is 1. The van der Waals surface area contributed by atoms with Crippen LogP contribution >= 0.6 is 0 Å². The Kier molecular flexibility index (Phi) is 4.08. The van der Waals surface area contributed by atoms with Crippen LogP contribution in [-0.2, 0) is 9.53 Å². The summed E-state index contributed by atoms with van der Waals surface area (Å²) in [6.07, 6.45) is 7.73. The smallest absolute Gasteiger partial charge is 0.306 e. The molecule has 0 saturated carbocycles. The van der Waals surface area contributed by atoms with Gasteiger partial charge in [-0.2, -0.15) is 0 Å². The van der Waals surface area contributed by atoms with Gasteiger partial charge in [0.1, 0.15) is 6.10 Å². The highest BCUT2D eigenvalue weighted by molar-refractivity contribution is 5.70. The maximum atomic E-state index is 12.0. The second-order valence-electron chi connectivity index (χ2n) is 6.67. The van der Waals surface area contributed by atoms with Crippen molar-refractivity contribution >= 4 is 5.97 Å². The number of hydrogen-bond donors (Lipinski definition) is 1. The van der Waals surface area contributed by atoms with E-state index in [1.807, 2.05) is 0 Å². The zero-order chi connectivity index (χ0) is 13.2. The van der Waals surface area contributed by atoms with E-state index in [9.17, 15) is 4.79 Å². The van der Waals surface area contributed by atoms with Crippen LogP contribution in [0.2, 0.25) is 0 Å². The normalized spacial score (nSPS) is 36.4. The zero-order valence-electron chi connectivity index (χ0n) is 11.9. The van der Waals surface area contributed by atoms with Gasteiger partial charge in [-0.1, -0.05) is 0 Å². The zero-order valence-corrected chi connectivity index (χ0v) is 11.9. The van der Waals surface area contributed by atoms with Gasteiger partial charge < -0.3 is 15.0 Å². The minimum Gasteiger partial charge on any atom is -0.462 e. The van der Waals surface area contributed by atoms with Crippen molar-refractivity contribution in [1.82, 2.24) is 10.2 Å². The molecular weight excluding hydrogens is 240 g/mol. The minimum absolute atomic E-state index is 0.0425. The van der Waals surface area contributed by atoms with Crippen molar-refractivity contribution in [3.8, 4) is 0 Å². The van der Waals surface area contributed by atoms with Crippen LogP contribution in [0.1, 0.15) is 44.9 Å². The van der Waals surface area contributed by atoms with Gasteiger partial charge in [-0.25, -0.2) is 0 Å². The molecule has 0 radical (unpaired) electrons. The lowest BCUT2D eigenvalue weighted by molar-refractivity contribution is -0.152. The number of esters is 1. The SMILES string of the molecule is CN1CCC(OC(=O)CC2CC3CCC(C2)N3)CC1. The van der Waals surface area contributed by atoms with E-state index >= 15 is 0 Å². The highest BCUT2D eigenvalue weighted by atomic mass is 16.5. The van der Waals surface area contributed by atoms with E-state index in [-0.39, 0.29) is 12.1 Å². The van der Waals surface area contributed by atoms with Crippen LogP contribution in [0.5, 0.6) is 0 Å². The summed E-state index contributed by atoms with van der Waals surface area (Å²) in [6, 6.07) is 1.33. The molecule has 3 aliphatic heterocycles. The summed E-state index contributed by atoms with van der Waals surface area (Å²) < 4.78 is 5.65. The van der Waals surface area contributed by atoms with Crippen LogP contribution in [0.3, 0.4) is 0 Å². The molecule has 3 rings (SSSR count). The highest BCUT2D eigenvalue weighted by Crippen LogP contribution is 2.33. The fourth-order valence-corrected chi connectivity index (χ4v) is 3.91. The lowest BCUT2D eigenvalue weighted by Crippen LogP contribution is -2.39. The molecule has 4 heteroatoms. The van der Waals surface area contributed by atoms with E-state index in [0.717, 1.165) is 25.9 Å². The monoisotopic (exact) mass is 266 g/mol. The van der Waals surface area contributed by atoms with Crippen molar-refractivity contribution in [2.24, 2.45) is 5.92 Å². The van der Waals surface area contributed by atoms with Gasteiger partial charge >= 0.3 is 5.97 Å². The van der Waals surface area contributed by atoms with Crippen molar-refractivity contribution < 1.29 is 9.53 Å². The van der Waals surface area contributed by atoms with Crippen LogP contribution in [0.15, 0.2) is 0 Å². The third-order valence-electron chi connectivity index (χ3n) is 4.99. The molecule has 0 aromatic carbocycles. The summed E-state index contributed by atoms with van der Waals surface area (Å²) in [7, 11) is 2.13. The van der Waals surface area contributed by atoms with E-state index in [2.05, 4.69) is 17.3 Å². The largest absolute Gasteiger partial charge is 0.462 e. The number of likely N-dealkylation sites (tertiary alicyclic amines) is 1. The number of piperidine rings is 2. The molecule has 19 heavy (non-hydrogen) atoms. The lowest BCUT2D eigenvalue weighted by atomic mass is 9.90. The summed E-state index contributed by atoms with van der Waals surface area (Å²) in [4.78, 5) is 14.3. The number of hydrogen-bond acceptors (Lipinski definition) is 4. The van der Waals surface area contributed by atoms with Gasteiger partial charge in [0.05, 0.1) is 0 Å². The highest BCUT2D eigenvalue weighted by Gasteiger charge is 2.34. The molecule has 4 nitrogen and oxygen atoms in total. The standard InChI is InChI=1S/C15H26N2O2/c1-17-6-4-14(5-7-17)19-15(18)10-11-8-12-2-3-13(9-11)16-12/h11-14,16H,2-10H2,1H3. The molecule has 3 fully saturated rings. The van der Waals surface area contributed by atoms with E-state index in [0.29, 0.717) is 24.4 Å². The van der Waals surface area contributed by atoms with Crippen molar-refractivity contribution in [2.45, 2.75) is 63.1 Å². The maximum Gasteiger partial charge on any atom is 0.306 e. The molecule has 3 heterocycles. The molecule has 0 aromatic heterocycles. The molecule has 0 aliphatic carbocycles. The molecule has 0 amide bonds. The number of ether oxygens (including phenoxy) is 1. The topological polar surface area (TPSA) is 41.6 Å². The fraction of sp³-hybridized carbons (Fsp3) is 0.933. The first-order chi connectivity index (χ1) is 9.19. The summed E-state index contributed by atoms with van der Waals surface area (Å²) in [5.74, 6) is 0.596. The van der Waals surface area contributed by atoms with Crippen molar-refractivity contribution in [1.29, 1.82) is 0 Å². The van der Waals surface area contributed by atoms with Crippen molar-refractivity contribution in [3.05, 3.63) is 0 Å². The first-order valence-corrected chi connectivity index (χ1v) is 7.83. The van der Waals surface area contributed by atoms with E-state index in [4.69, 9.17) is 4.74 Å². The second-order valence-corrected chi connectivity index (χ2v) is 6.67. The first kappa shape index (κ1) is 13.4. The Balaban J connectivity index is 1.41. The molecule has 108 valence electrons. The average Bonchev–Trinajstić information content (AvgIpc) is 2.72. The number of rotatable bonds is 3. The predicted octanol–water partition coefficient (Wildman–Crippen LogP) is 1.54. The van der Waals surface area contributed by atoms with E-state index in [1.54, 1.807) is 0 Å². The third-order valence-corrected chi connectivity index (χ3v) is 4.99. The molecule has 3 saturated heterocycles. The van der Waals surface area contributed by atoms with Gasteiger partial charge in [0.2, 0.25) is 0 Å². The van der Waals surface area contributed by atoms with Crippen LogP contribution in [0.25, 0.3) is 0 Å². The number of fused-ring (bicyclic) bond motifs is 2. The molecular formula is C15H26N2O2. The van der Waals surface area contributed by atoms with Gasteiger partial charge in [0, 0.05) is 31.6 Å². The van der Waals surface area contributed by atoms with Gasteiger partial charge in [-0.15, -0.1) is 0 Å². The number of nitrogens with zero attached hydrogens (tertiary/aromatic N) is 1. The Morgan fingerprint density at radius 2 is 1.79 bits per heavy atom. The van der Waals surface area contributed by atoms with Crippen LogP contribution < -0.4 is 5.32 Å². The number of nitrogens with one attached hydrogen (secondary N) is 1. The van der Waals surface area contributed by atoms with Gasteiger partial charge in [-0.3, -0.25) is 4.79 Å². The van der Waals surface area contributed by atoms with Crippen LogP contribution in [0, 0.1) is 5.92 Å².